The molecule has 0 fully saturated rings. The number of hydrogen-bond donors (Lipinski definition) is 3. The summed E-state index contributed by atoms with van der Waals surface area (Å²) in [4.78, 5) is 23.7. The molecule has 0 aliphatic carbocycles. The van der Waals surface area contributed by atoms with Gasteiger partial charge in [0.1, 0.15) is 17.4 Å². The van der Waals surface area contributed by atoms with Crippen LogP contribution in [0.2, 0.25) is 0 Å². The average molecular weight is 707 g/mol. The van der Waals surface area contributed by atoms with Crippen LogP contribution >= 0.6 is 11.8 Å². The van der Waals surface area contributed by atoms with Crippen LogP contribution in [0.5, 0.6) is 11.5 Å². The quantitative estimate of drug-likeness (QED) is 0.196. The molecule has 11 heteroatoms. The number of fused-ring (bicyclic) bond motifs is 5. The van der Waals surface area contributed by atoms with Crippen LogP contribution in [0.3, 0.4) is 0 Å². The van der Waals surface area contributed by atoms with Crippen molar-refractivity contribution in [2.75, 3.05) is 18.6 Å². The van der Waals surface area contributed by atoms with Gasteiger partial charge in [0.15, 0.2) is 17.4 Å². The number of aromatic amines is 1. The number of nitrogens with zero attached hydrogens (tertiary/aromatic N) is 2. The zero-order valence-corrected chi connectivity index (χ0v) is 30.2. The van der Waals surface area contributed by atoms with E-state index in [0.717, 1.165) is 29.7 Å². The van der Waals surface area contributed by atoms with Crippen LogP contribution in [0.25, 0.3) is 10.9 Å². The van der Waals surface area contributed by atoms with E-state index in [-0.39, 0.29) is 39.7 Å². The van der Waals surface area contributed by atoms with Gasteiger partial charge < -0.3 is 20.6 Å². The molecule has 0 amide bonds. The first-order valence-corrected chi connectivity index (χ1v) is 17.9. The van der Waals surface area contributed by atoms with Crippen LogP contribution in [-0.4, -0.2) is 46.3 Å². The molecule has 7 nitrogen and oxygen atoms in total. The predicted octanol–water partition coefficient (Wildman–Crippen LogP) is 9.21. The number of benzene rings is 3. The number of amidine groups is 2. The Hall–Kier alpha value is -4.25. The second kappa shape index (κ2) is 14.5. The third-order valence-corrected chi connectivity index (χ3v) is 11.1. The molecule has 4 N–H and O–H groups in total. The Bertz CT molecular complexity index is 1970. The second-order valence-corrected chi connectivity index (χ2v) is 15.8. The van der Waals surface area contributed by atoms with Gasteiger partial charge in [-0.2, -0.15) is 16.2 Å². The fourth-order valence-electron chi connectivity index (χ4n) is 6.49. The molecule has 0 saturated heterocycles. The first kappa shape index (κ1) is 37.0. The number of carboxylic acids is 1. The van der Waals surface area contributed by atoms with Crippen molar-refractivity contribution in [2.45, 2.75) is 72.1 Å². The Morgan fingerprint density at radius 2 is 1.86 bits per heavy atom. The predicted molar refractivity (Wildman–Crippen MR) is 196 cm³/mol. The van der Waals surface area contributed by atoms with Gasteiger partial charge in [-0.05, 0) is 98.8 Å². The van der Waals surface area contributed by atoms with Crippen LogP contribution in [0.1, 0.15) is 76.1 Å². The van der Waals surface area contributed by atoms with Crippen molar-refractivity contribution in [3.63, 3.8) is 0 Å². The maximum absolute atomic E-state index is 15.7. The lowest BCUT2D eigenvalue weighted by molar-refractivity contribution is -0.146. The van der Waals surface area contributed by atoms with Gasteiger partial charge in [0, 0.05) is 29.6 Å². The van der Waals surface area contributed by atoms with Crippen LogP contribution < -0.4 is 10.5 Å². The average Bonchev–Trinajstić information content (AvgIpc) is 3.55. The number of aryl methyl sites for hydroxylation is 1. The Morgan fingerprint density at radius 3 is 2.58 bits per heavy atom. The van der Waals surface area contributed by atoms with Gasteiger partial charge in [-0.1, -0.05) is 44.5 Å². The van der Waals surface area contributed by atoms with Gasteiger partial charge in [-0.15, -0.1) is 0 Å². The summed E-state index contributed by atoms with van der Waals surface area (Å²) in [6, 6.07) is 13.3. The first-order valence-electron chi connectivity index (χ1n) is 16.7. The van der Waals surface area contributed by atoms with Crippen molar-refractivity contribution in [1.82, 2.24) is 4.98 Å². The highest BCUT2D eigenvalue weighted by atomic mass is 32.2. The van der Waals surface area contributed by atoms with E-state index in [4.69, 9.17) is 15.5 Å². The van der Waals surface area contributed by atoms with Gasteiger partial charge in [0.2, 0.25) is 5.82 Å². The van der Waals surface area contributed by atoms with Crippen molar-refractivity contribution in [3.8, 4) is 11.5 Å². The summed E-state index contributed by atoms with van der Waals surface area (Å²) in [5.41, 5.74) is 7.29. The highest BCUT2D eigenvalue weighted by Crippen LogP contribution is 2.40. The summed E-state index contributed by atoms with van der Waals surface area (Å²) >= 11 is 1.74. The molecule has 5 rings (SSSR count). The van der Waals surface area contributed by atoms with Crippen LogP contribution in [0, 0.1) is 28.3 Å². The van der Waals surface area contributed by atoms with Crippen LogP contribution in [-0.2, 0) is 23.1 Å². The standard InChI is InChI=1S/C39H45F3N4O3S/c1-37(2)15-8-16-39(5,24-10-7-9-23(19-24)21-38(3,4)36(47)48)35(43)46-34(44-6)28-20-25(11-12-29(28)40)49-33-27(14-18-50-22-37)26-13-17-45-32(26)30(41)31(33)42/h7,9-13,17,19-20,45H,8,14-16,18,21-22H2,1-6H3,(H,47,48)(H2,43,44,46)/t39-/m1/s1. The van der Waals surface area contributed by atoms with E-state index >= 15 is 13.2 Å². The smallest absolute Gasteiger partial charge is 0.309 e. The number of hydrogen-bond acceptors (Lipinski definition) is 5. The monoisotopic (exact) mass is 706 g/mol. The van der Waals surface area contributed by atoms with Gasteiger partial charge in [-0.25, -0.2) is 13.8 Å². The van der Waals surface area contributed by atoms with Crippen molar-refractivity contribution in [1.29, 1.82) is 0 Å². The summed E-state index contributed by atoms with van der Waals surface area (Å²) in [7, 11) is 1.48. The van der Waals surface area contributed by atoms with E-state index in [1.807, 2.05) is 31.2 Å². The van der Waals surface area contributed by atoms with Gasteiger partial charge in [-0.3, -0.25) is 9.79 Å². The number of aliphatic carboxylic acids is 1. The molecule has 1 aliphatic heterocycles. The second-order valence-electron chi connectivity index (χ2n) is 14.7. The Kier molecular flexibility index (Phi) is 10.8. The number of nitrogens with two attached hydrogens (primary N) is 1. The highest BCUT2D eigenvalue weighted by Gasteiger charge is 2.34. The zero-order valence-electron chi connectivity index (χ0n) is 29.4. The molecule has 0 spiro atoms. The summed E-state index contributed by atoms with van der Waals surface area (Å²) in [6.07, 6.45) is 4.58. The number of H-pyrrole nitrogens is 1. The molecule has 50 heavy (non-hydrogen) atoms. The van der Waals surface area contributed by atoms with Gasteiger partial charge >= 0.3 is 5.97 Å². The number of aliphatic imine (C=N–C) groups is 2. The summed E-state index contributed by atoms with van der Waals surface area (Å²) < 4.78 is 52.4. The Balaban J connectivity index is 1.63. The largest absolute Gasteiger partial charge is 0.481 e. The van der Waals surface area contributed by atoms with E-state index in [1.54, 1.807) is 37.9 Å². The van der Waals surface area contributed by atoms with E-state index in [2.05, 4.69) is 23.8 Å². The maximum Gasteiger partial charge on any atom is 0.309 e. The molecule has 1 aliphatic rings. The number of nitrogens with one attached hydrogen (secondary N) is 1. The molecule has 0 saturated carbocycles. The molecule has 2 heterocycles. The molecular weight excluding hydrogens is 662 g/mol. The normalized spacial score (nSPS) is 20.0. The fourth-order valence-corrected chi connectivity index (χ4v) is 7.68. The first-order chi connectivity index (χ1) is 23.6. The summed E-state index contributed by atoms with van der Waals surface area (Å²) in [6.45, 7) is 9.78. The third-order valence-electron chi connectivity index (χ3n) is 9.67. The van der Waals surface area contributed by atoms with Crippen molar-refractivity contribution < 1.29 is 27.8 Å². The van der Waals surface area contributed by atoms with Crippen molar-refractivity contribution in [3.05, 3.63) is 94.4 Å². The topological polar surface area (TPSA) is 113 Å². The number of carbonyl (C=O) groups is 1. The molecule has 0 unspecified atom stereocenters. The molecule has 1 aromatic heterocycles. The molecule has 3 aromatic carbocycles. The molecule has 266 valence electrons. The van der Waals surface area contributed by atoms with E-state index in [1.165, 1.54) is 25.2 Å². The fraction of sp³-hybridized carbons (Fsp3) is 0.410. The van der Waals surface area contributed by atoms with Crippen LogP contribution in [0.4, 0.5) is 13.2 Å². The number of carboxylic acid groups (broad SMARTS) is 1. The minimum absolute atomic E-state index is 0.00523. The zero-order chi connectivity index (χ0) is 36.4. The number of aromatic nitrogens is 1. The van der Waals surface area contributed by atoms with Crippen molar-refractivity contribution >= 4 is 40.3 Å². The van der Waals surface area contributed by atoms with E-state index < -0.39 is 34.3 Å². The third kappa shape index (κ3) is 7.72. The van der Waals surface area contributed by atoms with Crippen LogP contribution in [0.15, 0.2) is 64.7 Å². The minimum atomic E-state index is -1.13. The lowest BCUT2D eigenvalue weighted by Gasteiger charge is -2.33. The van der Waals surface area contributed by atoms with Crippen molar-refractivity contribution in [2.24, 2.45) is 26.5 Å². The van der Waals surface area contributed by atoms with Gasteiger partial charge in [0.25, 0.3) is 0 Å². The molecule has 4 aromatic rings. The summed E-state index contributed by atoms with van der Waals surface area (Å²) in [5, 5.41) is 10.3. The Labute approximate surface area is 295 Å². The number of halogens is 3. The SMILES string of the molecule is CN=C1N=C(N)[C@@](C)(c2cccc(CC(C)(C)C(=O)O)c2)CCCC(C)(C)CSCCc2c(c(F)c(F)c3[nH]ccc23)Oc2ccc(F)c1c2. The number of rotatable bonds is 4. The lowest BCUT2D eigenvalue weighted by Crippen LogP contribution is -2.40. The highest BCUT2D eigenvalue weighted by molar-refractivity contribution is 7.99. The molecule has 0 radical (unpaired) electrons. The Morgan fingerprint density at radius 1 is 1.10 bits per heavy atom. The van der Waals surface area contributed by atoms with E-state index in [9.17, 15) is 9.90 Å². The summed E-state index contributed by atoms with van der Waals surface area (Å²) in [5.74, 6) is -2.19. The number of thioether (sulfide) groups is 1. The van der Waals surface area contributed by atoms with Gasteiger partial charge in [0.05, 0.1) is 16.5 Å². The molecular formula is C39H45F3N4O3S. The molecule has 1 atom stereocenters. The maximum atomic E-state index is 15.7. The van der Waals surface area contributed by atoms with E-state index in [0.29, 0.717) is 36.0 Å². The number of ether oxygens (including phenoxy) is 1. The minimum Gasteiger partial charge on any atom is -0.481 e. The lowest BCUT2D eigenvalue weighted by atomic mass is 9.74. The molecule has 2 bridgehead atoms.